The zero-order valence-electron chi connectivity index (χ0n) is 19.1. The Balaban J connectivity index is 1.55. The van der Waals surface area contributed by atoms with Crippen LogP contribution in [0, 0.1) is 5.41 Å². The summed E-state index contributed by atoms with van der Waals surface area (Å²) in [7, 11) is 1.63. The third-order valence-electron chi connectivity index (χ3n) is 6.12. The first kappa shape index (κ1) is 23.5. The van der Waals surface area contributed by atoms with Gasteiger partial charge in [-0.05, 0) is 57.1 Å². The molecular formula is C25H24BrClN4O2S. The van der Waals surface area contributed by atoms with E-state index >= 15 is 0 Å². The van der Waals surface area contributed by atoms with Crippen molar-refractivity contribution < 1.29 is 9.53 Å². The summed E-state index contributed by atoms with van der Waals surface area (Å²) in [4.78, 5) is 18.2. The number of aromatic nitrogens is 3. The second-order valence-electron chi connectivity index (χ2n) is 9.30. The number of hydrogen-bond acceptors (Lipinski definition) is 6. The first-order chi connectivity index (χ1) is 16.3. The number of Topliss-reactive ketones (excluding diaryl/α,β-unsaturated/α-hetero) is 1. The average molecular weight is 560 g/mol. The molecule has 0 radical (unpaired) electrons. The largest absolute Gasteiger partial charge is 0.496 e. The molecule has 1 aliphatic heterocycles. The molecule has 1 atom stereocenters. The lowest BCUT2D eigenvalue weighted by Crippen LogP contribution is -2.36. The van der Waals surface area contributed by atoms with Gasteiger partial charge in [0.1, 0.15) is 11.8 Å². The third kappa shape index (κ3) is 4.39. The number of halogens is 2. The van der Waals surface area contributed by atoms with Crippen molar-refractivity contribution in [1.29, 1.82) is 0 Å². The molecular weight excluding hydrogens is 536 g/mol. The molecule has 3 aromatic rings. The van der Waals surface area contributed by atoms with Gasteiger partial charge in [-0.25, -0.2) is 4.68 Å². The standard InChI is InChI=1S/C25H24BrClN4O2S/c1-25(2)11-18-21(19(32)12-25)22(14-8-9-20(33-3)16(26)10-14)31-23(28-18)29-24(30-31)34-13-15-6-4-5-7-17(15)27/h4-10,22H,11-13H2,1-3H3,(H,28,29,30). The fourth-order valence-electron chi connectivity index (χ4n) is 4.57. The van der Waals surface area contributed by atoms with Crippen LogP contribution in [-0.2, 0) is 10.5 Å². The van der Waals surface area contributed by atoms with Gasteiger partial charge in [0, 0.05) is 28.5 Å². The Morgan fingerprint density at radius 2 is 2.06 bits per heavy atom. The molecule has 1 aromatic heterocycles. The number of ketones is 1. The average Bonchev–Trinajstić information content (AvgIpc) is 3.18. The van der Waals surface area contributed by atoms with Gasteiger partial charge in [-0.2, -0.15) is 4.98 Å². The summed E-state index contributed by atoms with van der Waals surface area (Å²) in [6.07, 6.45) is 1.27. The van der Waals surface area contributed by atoms with E-state index in [0.29, 0.717) is 23.3 Å². The smallest absolute Gasteiger partial charge is 0.227 e. The quantitative estimate of drug-likeness (QED) is 0.353. The highest BCUT2D eigenvalue weighted by atomic mass is 79.9. The number of carbonyl (C=O) groups excluding carboxylic acids is 1. The van der Waals surface area contributed by atoms with Crippen molar-refractivity contribution in [2.75, 3.05) is 12.4 Å². The molecule has 5 rings (SSSR count). The number of fused-ring (bicyclic) bond motifs is 1. The molecule has 0 bridgehead atoms. The van der Waals surface area contributed by atoms with Gasteiger partial charge in [-0.15, -0.1) is 5.10 Å². The van der Waals surface area contributed by atoms with E-state index in [4.69, 9.17) is 26.4 Å². The molecule has 0 amide bonds. The molecule has 9 heteroatoms. The lowest BCUT2D eigenvalue weighted by molar-refractivity contribution is -0.118. The number of nitrogens with zero attached hydrogens (tertiary/aromatic N) is 3. The van der Waals surface area contributed by atoms with Gasteiger partial charge >= 0.3 is 0 Å². The van der Waals surface area contributed by atoms with Crippen LogP contribution in [0.2, 0.25) is 5.02 Å². The molecule has 2 aromatic carbocycles. The number of carbonyl (C=O) groups is 1. The number of nitrogens with one attached hydrogen (secondary N) is 1. The molecule has 0 fully saturated rings. The van der Waals surface area contributed by atoms with Crippen LogP contribution >= 0.6 is 39.3 Å². The molecule has 0 spiro atoms. The highest BCUT2D eigenvalue weighted by molar-refractivity contribution is 9.10. The molecule has 1 unspecified atom stereocenters. The first-order valence-corrected chi connectivity index (χ1v) is 13.1. The van der Waals surface area contributed by atoms with E-state index in [-0.39, 0.29) is 17.2 Å². The number of methoxy groups -OCH3 is 1. The highest BCUT2D eigenvalue weighted by Crippen LogP contribution is 2.46. The summed E-state index contributed by atoms with van der Waals surface area (Å²) < 4.78 is 8.07. The summed E-state index contributed by atoms with van der Waals surface area (Å²) in [6.45, 7) is 4.25. The van der Waals surface area contributed by atoms with Crippen LogP contribution in [0.4, 0.5) is 5.95 Å². The van der Waals surface area contributed by atoms with E-state index in [9.17, 15) is 4.79 Å². The Labute approximate surface area is 216 Å². The van der Waals surface area contributed by atoms with E-state index in [1.807, 2.05) is 47.1 Å². The Bertz CT molecular complexity index is 1320. The Morgan fingerprint density at radius 3 is 2.79 bits per heavy atom. The van der Waals surface area contributed by atoms with Gasteiger partial charge in [-0.1, -0.05) is 61.5 Å². The van der Waals surface area contributed by atoms with Crippen LogP contribution in [0.5, 0.6) is 5.75 Å². The van der Waals surface area contributed by atoms with Crippen LogP contribution in [0.1, 0.15) is 43.9 Å². The molecule has 1 aliphatic carbocycles. The van der Waals surface area contributed by atoms with Crippen LogP contribution in [0.3, 0.4) is 0 Å². The van der Waals surface area contributed by atoms with Crippen LogP contribution < -0.4 is 10.1 Å². The minimum Gasteiger partial charge on any atom is -0.496 e. The van der Waals surface area contributed by atoms with Crippen molar-refractivity contribution in [1.82, 2.24) is 14.8 Å². The maximum atomic E-state index is 13.4. The topological polar surface area (TPSA) is 69.0 Å². The lowest BCUT2D eigenvalue weighted by Gasteiger charge is -2.38. The minimum absolute atomic E-state index is 0.113. The van der Waals surface area contributed by atoms with Crippen molar-refractivity contribution in [2.45, 2.75) is 43.6 Å². The predicted octanol–water partition coefficient (Wildman–Crippen LogP) is 6.65. The second kappa shape index (κ2) is 9.06. The van der Waals surface area contributed by atoms with Crippen molar-refractivity contribution in [3.63, 3.8) is 0 Å². The van der Waals surface area contributed by atoms with Crippen molar-refractivity contribution in [2.24, 2.45) is 5.41 Å². The normalized spacial score (nSPS) is 18.9. The monoisotopic (exact) mass is 558 g/mol. The number of rotatable bonds is 5. The fourth-order valence-corrected chi connectivity index (χ4v) is 6.24. The van der Waals surface area contributed by atoms with Gasteiger partial charge < -0.3 is 10.1 Å². The van der Waals surface area contributed by atoms with Crippen LogP contribution in [-0.4, -0.2) is 27.7 Å². The maximum absolute atomic E-state index is 13.4. The highest BCUT2D eigenvalue weighted by Gasteiger charge is 2.42. The van der Waals surface area contributed by atoms with E-state index in [2.05, 4.69) is 35.1 Å². The minimum atomic E-state index is -0.362. The number of ether oxygens (including phenoxy) is 1. The van der Waals surface area contributed by atoms with Gasteiger partial charge in [0.2, 0.25) is 11.1 Å². The van der Waals surface area contributed by atoms with Gasteiger partial charge in [0.05, 0.1) is 11.6 Å². The van der Waals surface area contributed by atoms with Crippen LogP contribution in [0.15, 0.2) is 63.4 Å². The molecule has 2 aliphatic rings. The number of thioether (sulfide) groups is 1. The van der Waals surface area contributed by atoms with Gasteiger partial charge in [0.25, 0.3) is 0 Å². The zero-order chi connectivity index (χ0) is 24.0. The molecule has 2 heterocycles. The number of hydrogen-bond donors (Lipinski definition) is 1. The summed E-state index contributed by atoms with van der Waals surface area (Å²) >= 11 is 11.4. The predicted molar refractivity (Wildman–Crippen MR) is 139 cm³/mol. The lowest BCUT2D eigenvalue weighted by atomic mass is 9.73. The SMILES string of the molecule is COc1ccc(C2C3=C(CC(C)(C)CC3=O)Nc3nc(SCc4ccccc4Cl)nn32)cc1Br. The summed E-state index contributed by atoms with van der Waals surface area (Å²) in [5, 5.41) is 9.60. The van der Waals surface area contributed by atoms with E-state index in [1.54, 1.807) is 7.11 Å². The van der Waals surface area contributed by atoms with Gasteiger partial charge in [0.15, 0.2) is 5.78 Å². The van der Waals surface area contributed by atoms with Gasteiger partial charge in [-0.3, -0.25) is 4.79 Å². The van der Waals surface area contributed by atoms with E-state index in [1.165, 1.54) is 11.8 Å². The zero-order valence-corrected chi connectivity index (χ0v) is 22.2. The van der Waals surface area contributed by atoms with Crippen molar-refractivity contribution in [3.05, 3.63) is 74.4 Å². The van der Waals surface area contributed by atoms with E-state index < -0.39 is 0 Å². The maximum Gasteiger partial charge on any atom is 0.227 e. The van der Waals surface area contributed by atoms with Crippen molar-refractivity contribution >= 4 is 51.0 Å². The summed E-state index contributed by atoms with van der Waals surface area (Å²) in [6, 6.07) is 13.3. The number of allylic oxidation sites excluding steroid dienone is 2. The Morgan fingerprint density at radius 1 is 1.26 bits per heavy atom. The van der Waals surface area contributed by atoms with Crippen LogP contribution in [0.25, 0.3) is 0 Å². The molecule has 0 saturated heterocycles. The number of benzene rings is 2. The summed E-state index contributed by atoms with van der Waals surface area (Å²) in [5.74, 6) is 2.17. The van der Waals surface area contributed by atoms with Crippen molar-refractivity contribution in [3.8, 4) is 5.75 Å². The van der Waals surface area contributed by atoms with E-state index in [0.717, 1.165) is 44.1 Å². The third-order valence-corrected chi connectivity index (χ3v) is 7.99. The molecule has 34 heavy (non-hydrogen) atoms. The molecule has 6 nitrogen and oxygen atoms in total. The fraction of sp³-hybridized carbons (Fsp3) is 0.320. The first-order valence-electron chi connectivity index (χ1n) is 11.0. The summed E-state index contributed by atoms with van der Waals surface area (Å²) in [5.41, 5.74) is 3.55. The Kier molecular flexibility index (Phi) is 6.25. The molecule has 1 N–H and O–H groups in total. The molecule has 0 saturated carbocycles. The Hall–Kier alpha value is -2.29. The second-order valence-corrected chi connectivity index (χ2v) is 11.5. The molecule has 176 valence electrons. The number of anilines is 1.